The molecule has 5 unspecified atom stereocenters. The Morgan fingerprint density at radius 2 is 1.65 bits per heavy atom. The lowest BCUT2D eigenvalue weighted by molar-refractivity contribution is -0.168. The summed E-state index contributed by atoms with van der Waals surface area (Å²) in [6, 6.07) is 7.33. The van der Waals surface area contributed by atoms with Crippen LogP contribution in [0.15, 0.2) is 30.3 Å². The molecule has 43 heavy (non-hydrogen) atoms. The standard InChI is InChI=1S/C33H51N3O7/c1-9-11-17-25-33(6,7)32(41)35-27(22(5)10-2)31(40)43-28(21(3)4)30(39)36(8)24(20-23-15-13-12-14-16-23)29(38)34-19-18-26(37)42-25/h12-16,21-22,24-25,27-28H,9-11,17-20H2,1-8H3,(H,34,38)(H,35,41). The Morgan fingerprint density at radius 1 is 1.00 bits per heavy atom. The van der Waals surface area contributed by atoms with Crippen molar-refractivity contribution in [3.05, 3.63) is 35.9 Å². The van der Waals surface area contributed by atoms with E-state index in [2.05, 4.69) is 10.6 Å². The lowest BCUT2D eigenvalue weighted by atomic mass is 9.82. The summed E-state index contributed by atoms with van der Waals surface area (Å²) in [5.74, 6) is -3.41. The number of carbonyl (C=O) groups is 5. The molecule has 0 spiro atoms. The molecule has 1 fully saturated rings. The second-order valence-corrected chi connectivity index (χ2v) is 12.5. The van der Waals surface area contributed by atoms with Crippen LogP contribution in [0.5, 0.6) is 0 Å². The van der Waals surface area contributed by atoms with Crippen LogP contribution < -0.4 is 10.6 Å². The maximum Gasteiger partial charge on any atom is 0.329 e. The van der Waals surface area contributed by atoms with Gasteiger partial charge in [0.25, 0.3) is 5.91 Å². The molecular formula is C33H51N3O7. The number of nitrogens with zero attached hydrogens (tertiary/aromatic N) is 1. The van der Waals surface area contributed by atoms with Crippen molar-refractivity contribution in [3.63, 3.8) is 0 Å². The highest BCUT2D eigenvalue weighted by Crippen LogP contribution is 2.29. The lowest BCUT2D eigenvalue weighted by Crippen LogP contribution is -2.56. The molecule has 0 aromatic heterocycles. The summed E-state index contributed by atoms with van der Waals surface area (Å²) in [5.41, 5.74) is -0.325. The molecule has 10 heteroatoms. The number of likely N-dealkylation sites (N-methyl/N-ethyl adjacent to an activating group) is 1. The second-order valence-electron chi connectivity index (χ2n) is 12.5. The van der Waals surface area contributed by atoms with Crippen molar-refractivity contribution in [3.8, 4) is 0 Å². The van der Waals surface area contributed by atoms with E-state index in [1.54, 1.807) is 27.7 Å². The minimum atomic E-state index is -1.18. The largest absolute Gasteiger partial charge is 0.461 e. The molecular weight excluding hydrogens is 550 g/mol. The van der Waals surface area contributed by atoms with Crippen LogP contribution in [-0.4, -0.2) is 72.4 Å². The Bertz CT molecular complexity index is 1100. The predicted octanol–water partition coefficient (Wildman–Crippen LogP) is 3.80. The van der Waals surface area contributed by atoms with Crippen molar-refractivity contribution in [2.45, 2.75) is 111 Å². The first-order chi connectivity index (χ1) is 20.2. The van der Waals surface area contributed by atoms with Crippen molar-refractivity contribution in [2.75, 3.05) is 13.6 Å². The second kappa shape index (κ2) is 16.4. The number of esters is 2. The van der Waals surface area contributed by atoms with E-state index >= 15 is 0 Å². The molecule has 3 amide bonds. The zero-order valence-corrected chi connectivity index (χ0v) is 27.1. The van der Waals surface area contributed by atoms with Crippen LogP contribution in [0.3, 0.4) is 0 Å². The number of rotatable bonds is 8. The van der Waals surface area contributed by atoms with Gasteiger partial charge in [-0.05, 0) is 37.7 Å². The molecule has 1 aliphatic heterocycles. The van der Waals surface area contributed by atoms with E-state index in [0.29, 0.717) is 12.8 Å². The average Bonchev–Trinajstić information content (AvgIpc) is 2.97. The third-order valence-corrected chi connectivity index (χ3v) is 8.35. The minimum Gasteiger partial charge on any atom is -0.461 e. The number of unbranched alkanes of at least 4 members (excludes halogenated alkanes) is 1. The predicted molar refractivity (Wildman–Crippen MR) is 164 cm³/mol. The summed E-state index contributed by atoms with van der Waals surface area (Å²) in [6.45, 7) is 12.6. The van der Waals surface area contributed by atoms with E-state index in [1.807, 2.05) is 51.1 Å². The zero-order valence-electron chi connectivity index (χ0n) is 27.1. The molecule has 1 aliphatic rings. The average molecular weight is 602 g/mol. The molecule has 10 nitrogen and oxygen atoms in total. The Balaban J connectivity index is 2.55. The zero-order chi connectivity index (χ0) is 32.3. The Morgan fingerprint density at radius 3 is 2.23 bits per heavy atom. The molecule has 0 bridgehead atoms. The molecule has 2 N–H and O–H groups in total. The van der Waals surface area contributed by atoms with Gasteiger partial charge in [0.1, 0.15) is 18.2 Å². The summed E-state index contributed by atoms with van der Waals surface area (Å²) < 4.78 is 11.7. The number of hydrogen-bond donors (Lipinski definition) is 2. The highest BCUT2D eigenvalue weighted by atomic mass is 16.6. The van der Waals surface area contributed by atoms with Crippen LogP contribution in [0.2, 0.25) is 0 Å². The summed E-state index contributed by atoms with van der Waals surface area (Å²) in [6.07, 6.45) is 0.776. The van der Waals surface area contributed by atoms with Crippen LogP contribution in [0, 0.1) is 17.3 Å². The van der Waals surface area contributed by atoms with E-state index in [-0.39, 0.29) is 25.3 Å². The van der Waals surface area contributed by atoms with Crippen LogP contribution >= 0.6 is 0 Å². The van der Waals surface area contributed by atoms with E-state index in [1.165, 1.54) is 11.9 Å². The molecule has 1 aromatic carbocycles. The van der Waals surface area contributed by atoms with Gasteiger partial charge in [-0.15, -0.1) is 0 Å². The number of hydrogen-bond acceptors (Lipinski definition) is 7. The lowest BCUT2D eigenvalue weighted by Gasteiger charge is -2.35. The van der Waals surface area contributed by atoms with Crippen LogP contribution in [0.1, 0.15) is 86.1 Å². The first kappa shape index (κ1) is 35.8. The van der Waals surface area contributed by atoms with Gasteiger partial charge >= 0.3 is 11.9 Å². The highest BCUT2D eigenvalue weighted by molar-refractivity contribution is 5.92. The topological polar surface area (TPSA) is 131 Å². The SMILES string of the molecule is CCCCC1OC(=O)CCNC(=O)C(Cc2ccccc2)N(C)C(=O)C(C(C)C)OC(=O)C(C(C)CC)NC(=O)C1(C)C. The van der Waals surface area contributed by atoms with Crippen molar-refractivity contribution >= 4 is 29.7 Å². The maximum atomic E-state index is 13.8. The van der Waals surface area contributed by atoms with Gasteiger partial charge in [-0.1, -0.05) is 84.2 Å². The number of nitrogens with one attached hydrogen (secondary N) is 2. The van der Waals surface area contributed by atoms with Crippen molar-refractivity contribution in [1.29, 1.82) is 0 Å². The van der Waals surface area contributed by atoms with Crippen molar-refractivity contribution < 1.29 is 33.4 Å². The monoisotopic (exact) mass is 601 g/mol. The molecule has 5 atom stereocenters. The van der Waals surface area contributed by atoms with E-state index in [9.17, 15) is 24.0 Å². The molecule has 1 aromatic rings. The van der Waals surface area contributed by atoms with Gasteiger partial charge in [-0.2, -0.15) is 0 Å². The van der Waals surface area contributed by atoms with Crippen molar-refractivity contribution in [1.82, 2.24) is 15.5 Å². The Kier molecular flexibility index (Phi) is 13.7. The number of ether oxygens (including phenoxy) is 2. The van der Waals surface area contributed by atoms with E-state index in [4.69, 9.17) is 9.47 Å². The van der Waals surface area contributed by atoms with Gasteiger partial charge in [-0.3, -0.25) is 19.2 Å². The molecule has 1 heterocycles. The molecule has 0 radical (unpaired) electrons. The Labute approximate surface area is 256 Å². The van der Waals surface area contributed by atoms with Gasteiger partial charge < -0.3 is 25.0 Å². The van der Waals surface area contributed by atoms with Crippen LogP contribution in [0.25, 0.3) is 0 Å². The highest BCUT2D eigenvalue weighted by Gasteiger charge is 2.43. The van der Waals surface area contributed by atoms with E-state index < -0.39 is 65.3 Å². The first-order valence-corrected chi connectivity index (χ1v) is 15.5. The van der Waals surface area contributed by atoms with Gasteiger partial charge in [0.2, 0.25) is 11.8 Å². The fourth-order valence-corrected chi connectivity index (χ4v) is 4.99. The van der Waals surface area contributed by atoms with Gasteiger partial charge in [0, 0.05) is 20.0 Å². The number of amides is 3. The summed E-state index contributed by atoms with van der Waals surface area (Å²) in [4.78, 5) is 68.9. The van der Waals surface area contributed by atoms with Gasteiger partial charge in [0.15, 0.2) is 6.10 Å². The molecule has 1 saturated heterocycles. The number of carbonyl (C=O) groups excluding carboxylic acids is 5. The summed E-state index contributed by atoms with van der Waals surface area (Å²) in [7, 11) is 1.51. The third-order valence-electron chi connectivity index (χ3n) is 8.35. The summed E-state index contributed by atoms with van der Waals surface area (Å²) >= 11 is 0. The minimum absolute atomic E-state index is 0.00318. The molecule has 0 saturated carbocycles. The smallest absolute Gasteiger partial charge is 0.329 e. The van der Waals surface area contributed by atoms with Gasteiger partial charge in [-0.25, -0.2) is 4.79 Å². The van der Waals surface area contributed by atoms with Crippen LogP contribution in [-0.2, 0) is 39.9 Å². The fraction of sp³-hybridized carbons (Fsp3) is 0.667. The maximum absolute atomic E-state index is 13.8. The quantitative estimate of drug-likeness (QED) is 0.434. The molecule has 240 valence electrons. The third kappa shape index (κ3) is 9.79. The Hall–Kier alpha value is -3.43. The fourth-order valence-electron chi connectivity index (χ4n) is 4.99. The summed E-state index contributed by atoms with van der Waals surface area (Å²) in [5, 5.41) is 5.64. The molecule has 0 aliphatic carbocycles. The number of benzene rings is 1. The normalized spacial score (nSPS) is 25.3. The molecule has 2 rings (SSSR count). The first-order valence-electron chi connectivity index (χ1n) is 15.5. The van der Waals surface area contributed by atoms with Gasteiger partial charge in [0.05, 0.1) is 11.8 Å². The number of cyclic esters (lactones) is 2. The van der Waals surface area contributed by atoms with Crippen molar-refractivity contribution in [2.24, 2.45) is 17.3 Å². The van der Waals surface area contributed by atoms with E-state index in [0.717, 1.165) is 18.4 Å². The van der Waals surface area contributed by atoms with Crippen LogP contribution in [0.4, 0.5) is 0 Å².